The molecule has 0 aliphatic rings. The minimum atomic E-state index is -0.120. The Morgan fingerprint density at radius 1 is 1.07 bits per heavy atom. The Balaban J connectivity index is 1.41. The average molecular weight is 446 g/mol. The summed E-state index contributed by atoms with van der Waals surface area (Å²) >= 11 is 8.61. The second-order valence-electron chi connectivity index (χ2n) is 6.39. The summed E-state index contributed by atoms with van der Waals surface area (Å²) in [5.74, 6) is 0.0488. The lowest BCUT2D eigenvalue weighted by molar-refractivity contribution is -0.120. The molecule has 2 N–H and O–H groups in total. The molecule has 0 radical (unpaired) electrons. The summed E-state index contributed by atoms with van der Waals surface area (Å²) in [5, 5.41) is 8.18. The lowest BCUT2D eigenvalue weighted by atomic mass is 10.1. The number of anilines is 1. The normalized spacial score (nSPS) is 10.6. The van der Waals surface area contributed by atoms with Crippen molar-refractivity contribution in [3.05, 3.63) is 75.8 Å². The number of hydrogen-bond donors (Lipinski definition) is 2. The van der Waals surface area contributed by atoms with Crippen LogP contribution in [0.3, 0.4) is 0 Å². The minimum absolute atomic E-state index is 0.0760. The van der Waals surface area contributed by atoms with Crippen LogP contribution in [-0.4, -0.2) is 22.6 Å². The van der Waals surface area contributed by atoms with Crippen LogP contribution >= 0.6 is 34.7 Å². The Hall–Kier alpha value is -2.35. The molecule has 3 aromatic rings. The molecular formula is C21H20ClN3O2S2. The van der Waals surface area contributed by atoms with Gasteiger partial charge in [-0.1, -0.05) is 53.2 Å². The van der Waals surface area contributed by atoms with Crippen molar-refractivity contribution in [2.24, 2.45) is 0 Å². The number of benzene rings is 2. The van der Waals surface area contributed by atoms with Crippen LogP contribution in [0, 0.1) is 6.92 Å². The third-order valence-corrected chi connectivity index (χ3v) is 6.26. The fourth-order valence-corrected chi connectivity index (χ4v) is 4.20. The number of nitrogens with zero attached hydrogens (tertiary/aromatic N) is 1. The minimum Gasteiger partial charge on any atom is -0.352 e. The molecule has 0 unspecified atom stereocenters. The lowest BCUT2D eigenvalue weighted by Gasteiger charge is -2.05. The average Bonchev–Trinajstić information content (AvgIpc) is 3.15. The van der Waals surface area contributed by atoms with Crippen LogP contribution in [0.25, 0.3) is 0 Å². The van der Waals surface area contributed by atoms with Gasteiger partial charge in [-0.25, -0.2) is 4.98 Å². The standard InChI is InChI=1S/C21H20ClN3O2S2/c1-14-2-4-15(5-3-14)11-23-19(26)10-18-12-28-21(25-18)29-13-20(27)24-17-8-6-16(22)7-9-17/h2-9,12H,10-11,13H2,1H3,(H,23,26)(H,24,27). The number of nitrogens with one attached hydrogen (secondary N) is 2. The quantitative estimate of drug-likeness (QED) is 0.493. The fourth-order valence-electron chi connectivity index (χ4n) is 2.43. The molecule has 1 heterocycles. The van der Waals surface area contributed by atoms with Crippen molar-refractivity contribution in [2.75, 3.05) is 11.1 Å². The zero-order valence-corrected chi connectivity index (χ0v) is 18.2. The number of carbonyl (C=O) groups excluding carboxylic acids is 2. The van der Waals surface area contributed by atoms with Gasteiger partial charge in [0.25, 0.3) is 0 Å². The van der Waals surface area contributed by atoms with E-state index in [4.69, 9.17) is 11.6 Å². The Morgan fingerprint density at radius 2 is 1.79 bits per heavy atom. The van der Waals surface area contributed by atoms with Gasteiger partial charge < -0.3 is 10.6 Å². The number of aryl methyl sites for hydroxylation is 1. The number of aromatic nitrogens is 1. The summed E-state index contributed by atoms with van der Waals surface area (Å²) < 4.78 is 0.762. The molecule has 0 bridgehead atoms. The van der Waals surface area contributed by atoms with Crippen molar-refractivity contribution in [3.63, 3.8) is 0 Å². The highest BCUT2D eigenvalue weighted by Gasteiger charge is 2.10. The van der Waals surface area contributed by atoms with E-state index in [-0.39, 0.29) is 24.0 Å². The molecular weight excluding hydrogens is 426 g/mol. The summed E-state index contributed by atoms with van der Waals surface area (Å²) in [6.07, 6.45) is 0.222. The number of halogens is 1. The van der Waals surface area contributed by atoms with E-state index in [1.54, 1.807) is 24.3 Å². The first-order chi connectivity index (χ1) is 14.0. The Labute approximate surface area is 182 Å². The summed E-state index contributed by atoms with van der Waals surface area (Å²) in [6.45, 7) is 2.53. The first-order valence-electron chi connectivity index (χ1n) is 8.93. The summed E-state index contributed by atoms with van der Waals surface area (Å²) in [4.78, 5) is 28.6. The molecule has 29 heavy (non-hydrogen) atoms. The van der Waals surface area contributed by atoms with Gasteiger partial charge in [0, 0.05) is 22.6 Å². The van der Waals surface area contributed by atoms with Crippen LogP contribution in [0.1, 0.15) is 16.8 Å². The number of thioether (sulfide) groups is 1. The van der Waals surface area contributed by atoms with Crippen molar-refractivity contribution < 1.29 is 9.59 Å². The van der Waals surface area contributed by atoms with Crippen LogP contribution in [0.4, 0.5) is 5.69 Å². The van der Waals surface area contributed by atoms with Gasteiger partial charge in [0.15, 0.2) is 4.34 Å². The van der Waals surface area contributed by atoms with Crippen molar-refractivity contribution in [2.45, 2.75) is 24.2 Å². The van der Waals surface area contributed by atoms with Gasteiger partial charge in [0.2, 0.25) is 11.8 Å². The van der Waals surface area contributed by atoms with E-state index < -0.39 is 0 Å². The van der Waals surface area contributed by atoms with Gasteiger partial charge >= 0.3 is 0 Å². The van der Waals surface area contributed by atoms with E-state index in [1.165, 1.54) is 28.7 Å². The molecule has 0 saturated carbocycles. The highest BCUT2D eigenvalue weighted by atomic mass is 35.5. The third-order valence-electron chi connectivity index (χ3n) is 3.94. The monoisotopic (exact) mass is 445 g/mol. The molecule has 0 atom stereocenters. The van der Waals surface area contributed by atoms with Crippen LogP contribution in [0.15, 0.2) is 58.3 Å². The molecule has 0 fully saturated rings. The van der Waals surface area contributed by atoms with Gasteiger partial charge in [-0.05, 0) is 36.8 Å². The predicted molar refractivity (Wildman–Crippen MR) is 120 cm³/mol. The fraction of sp³-hybridized carbons (Fsp3) is 0.190. The Kier molecular flexibility index (Phi) is 7.69. The van der Waals surface area contributed by atoms with Crippen molar-refractivity contribution in [3.8, 4) is 0 Å². The van der Waals surface area contributed by atoms with Crippen LogP contribution in [0.5, 0.6) is 0 Å². The molecule has 1 aromatic heterocycles. The number of hydrogen-bond acceptors (Lipinski definition) is 5. The molecule has 3 rings (SSSR count). The van der Waals surface area contributed by atoms with Crippen molar-refractivity contribution >= 4 is 52.2 Å². The largest absolute Gasteiger partial charge is 0.352 e. The summed E-state index contributed by atoms with van der Waals surface area (Å²) in [7, 11) is 0. The first kappa shape index (κ1) is 21.4. The Bertz CT molecular complexity index is 972. The molecule has 0 spiro atoms. The molecule has 2 amide bonds. The number of rotatable bonds is 8. The Morgan fingerprint density at radius 3 is 2.52 bits per heavy atom. The van der Waals surface area contributed by atoms with Crippen molar-refractivity contribution in [1.29, 1.82) is 0 Å². The molecule has 150 valence electrons. The van der Waals surface area contributed by atoms with Crippen LogP contribution < -0.4 is 10.6 Å². The topological polar surface area (TPSA) is 71.1 Å². The maximum atomic E-state index is 12.1. The highest BCUT2D eigenvalue weighted by molar-refractivity contribution is 8.01. The lowest BCUT2D eigenvalue weighted by Crippen LogP contribution is -2.24. The second-order valence-corrected chi connectivity index (χ2v) is 8.90. The van der Waals surface area contributed by atoms with Gasteiger partial charge in [-0.2, -0.15) is 0 Å². The van der Waals surface area contributed by atoms with E-state index in [0.717, 1.165) is 9.90 Å². The van der Waals surface area contributed by atoms with Crippen molar-refractivity contribution in [1.82, 2.24) is 10.3 Å². The number of thiazole rings is 1. The van der Waals surface area contributed by atoms with E-state index in [0.29, 0.717) is 22.9 Å². The molecule has 5 nitrogen and oxygen atoms in total. The van der Waals surface area contributed by atoms with E-state index in [2.05, 4.69) is 15.6 Å². The van der Waals surface area contributed by atoms with Gasteiger partial charge in [-0.15, -0.1) is 11.3 Å². The molecule has 8 heteroatoms. The predicted octanol–water partition coefficient (Wildman–Crippen LogP) is 4.69. The molecule has 0 aliphatic heterocycles. The summed E-state index contributed by atoms with van der Waals surface area (Å²) in [6, 6.07) is 15.0. The smallest absolute Gasteiger partial charge is 0.234 e. The highest BCUT2D eigenvalue weighted by Crippen LogP contribution is 2.23. The van der Waals surface area contributed by atoms with E-state index >= 15 is 0 Å². The maximum Gasteiger partial charge on any atom is 0.234 e. The summed E-state index contributed by atoms with van der Waals surface area (Å²) in [5.41, 5.74) is 3.65. The number of carbonyl (C=O) groups is 2. The van der Waals surface area contributed by atoms with Crippen LogP contribution in [0.2, 0.25) is 5.02 Å². The molecule has 0 aliphatic carbocycles. The molecule has 2 aromatic carbocycles. The van der Waals surface area contributed by atoms with Crippen LogP contribution in [-0.2, 0) is 22.6 Å². The maximum absolute atomic E-state index is 12.1. The second kappa shape index (κ2) is 10.4. The van der Waals surface area contributed by atoms with Gasteiger partial charge in [-0.3, -0.25) is 9.59 Å². The first-order valence-corrected chi connectivity index (χ1v) is 11.2. The van der Waals surface area contributed by atoms with Gasteiger partial charge in [0.05, 0.1) is 17.9 Å². The van der Waals surface area contributed by atoms with E-state index in [9.17, 15) is 9.59 Å². The zero-order chi connectivity index (χ0) is 20.6. The SMILES string of the molecule is Cc1ccc(CNC(=O)Cc2csc(SCC(=O)Nc3ccc(Cl)cc3)n2)cc1. The number of amides is 2. The third kappa shape index (κ3) is 7.20. The zero-order valence-electron chi connectivity index (χ0n) is 15.8. The van der Waals surface area contributed by atoms with Gasteiger partial charge in [0.1, 0.15) is 0 Å². The molecule has 0 saturated heterocycles. The van der Waals surface area contributed by atoms with E-state index in [1.807, 2.05) is 36.6 Å².